The largest absolute Gasteiger partial charge is 0.492 e. The molecule has 1 fully saturated rings. The molecule has 27 heavy (non-hydrogen) atoms. The van der Waals surface area contributed by atoms with Crippen molar-refractivity contribution >= 4 is 17.9 Å². The molecule has 1 saturated heterocycles. The summed E-state index contributed by atoms with van der Waals surface area (Å²) in [5.74, 6) is 2.24. The highest BCUT2D eigenvalue weighted by Gasteiger charge is 2.10. The van der Waals surface area contributed by atoms with E-state index >= 15 is 0 Å². The summed E-state index contributed by atoms with van der Waals surface area (Å²) in [5, 5.41) is 4.27. The predicted molar refractivity (Wildman–Crippen MR) is 109 cm³/mol. The highest BCUT2D eigenvalue weighted by molar-refractivity contribution is 5.79. The van der Waals surface area contributed by atoms with Gasteiger partial charge in [-0.3, -0.25) is 10.3 Å². The molecule has 0 saturated carbocycles. The molecule has 3 rings (SSSR count). The second-order valence-corrected chi connectivity index (χ2v) is 6.52. The van der Waals surface area contributed by atoms with Crippen LogP contribution in [0.5, 0.6) is 5.75 Å². The van der Waals surface area contributed by atoms with Crippen LogP contribution in [0.4, 0.5) is 11.6 Å². The SMILES string of the molecule is CN(C)c1cc(OCCN2CCOCC2)cc(N/N=C/c2ccccc2)n1. The van der Waals surface area contributed by atoms with Crippen molar-refractivity contribution < 1.29 is 9.47 Å². The summed E-state index contributed by atoms with van der Waals surface area (Å²) in [7, 11) is 3.91. The average Bonchev–Trinajstić information content (AvgIpc) is 2.69. The van der Waals surface area contributed by atoms with E-state index in [0.717, 1.165) is 50.0 Å². The molecule has 1 aromatic carbocycles. The lowest BCUT2D eigenvalue weighted by molar-refractivity contribution is 0.0322. The van der Waals surface area contributed by atoms with Gasteiger partial charge in [-0.15, -0.1) is 0 Å². The first-order chi connectivity index (χ1) is 13.2. The van der Waals surface area contributed by atoms with Gasteiger partial charge in [-0.05, 0) is 5.56 Å². The van der Waals surface area contributed by atoms with E-state index in [-0.39, 0.29) is 0 Å². The highest BCUT2D eigenvalue weighted by Crippen LogP contribution is 2.22. The van der Waals surface area contributed by atoms with E-state index in [1.54, 1.807) is 6.21 Å². The number of pyridine rings is 1. The zero-order chi connectivity index (χ0) is 18.9. The zero-order valence-corrected chi connectivity index (χ0v) is 16.0. The Morgan fingerprint density at radius 3 is 2.74 bits per heavy atom. The van der Waals surface area contributed by atoms with Crippen molar-refractivity contribution in [3.63, 3.8) is 0 Å². The predicted octanol–water partition coefficient (Wildman–Crippen LogP) is 2.30. The lowest BCUT2D eigenvalue weighted by Gasteiger charge is -2.26. The van der Waals surface area contributed by atoms with Crippen LogP contribution in [0.3, 0.4) is 0 Å². The van der Waals surface area contributed by atoms with Crippen LogP contribution in [0.2, 0.25) is 0 Å². The van der Waals surface area contributed by atoms with Gasteiger partial charge >= 0.3 is 0 Å². The molecule has 1 aliphatic heterocycles. The molecule has 0 spiro atoms. The number of rotatable bonds is 8. The number of aromatic nitrogens is 1. The van der Waals surface area contributed by atoms with E-state index in [1.165, 1.54) is 0 Å². The van der Waals surface area contributed by atoms with Gasteiger partial charge in [0.1, 0.15) is 18.2 Å². The van der Waals surface area contributed by atoms with Crippen LogP contribution in [0.15, 0.2) is 47.6 Å². The molecule has 0 atom stereocenters. The number of nitrogens with zero attached hydrogens (tertiary/aromatic N) is 4. The fourth-order valence-corrected chi connectivity index (χ4v) is 2.69. The first-order valence-corrected chi connectivity index (χ1v) is 9.17. The van der Waals surface area contributed by atoms with Gasteiger partial charge in [-0.25, -0.2) is 4.98 Å². The number of hydrogen-bond donors (Lipinski definition) is 1. The maximum absolute atomic E-state index is 5.96. The highest BCUT2D eigenvalue weighted by atomic mass is 16.5. The number of anilines is 2. The van der Waals surface area contributed by atoms with Crippen LogP contribution in [-0.2, 0) is 4.74 Å². The third kappa shape index (κ3) is 6.23. The van der Waals surface area contributed by atoms with Gasteiger partial charge in [-0.1, -0.05) is 30.3 Å². The van der Waals surface area contributed by atoms with Gasteiger partial charge < -0.3 is 14.4 Å². The van der Waals surface area contributed by atoms with E-state index in [4.69, 9.17) is 9.47 Å². The summed E-state index contributed by atoms with van der Waals surface area (Å²) < 4.78 is 11.3. The molecular weight excluding hydrogens is 342 g/mol. The Hall–Kier alpha value is -2.64. The van der Waals surface area contributed by atoms with Gasteiger partial charge in [0.2, 0.25) is 0 Å². The van der Waals surface area contributed by atoms with E-state index in [2.05, 4.69) is 20.4 Å². The molecule has 0 aliphatic carbocycles. The van der Waals surface area contributed by atoms with Crippen LogP contribution in [0.1, 0.15) is 5.56 Å². The van der Waals surface area contributed by atoms with Crippen LogP contribution < -0.4 is 15.1 Å². The van der Waals surface area contributed by atoms with Crippen LogP contribution in [0.25, 0.3) is 0 Å². The van der Waals surface area contributed by atoms with E-state index < -0.39 is 0 Å². The number of hydrazone groups is 1. The van der Waals surface area contributed by atoms with Crippen molar-refractivity contribution in [1.29, 1.82) is 0 Å². The van der Waals surface area contributed by atoms with E-state index in [9.17, 15) is 0 Å². The minimum absolute atomic E-state index is 0.629. The maximum atomic E-state index is 5.96. The molecule has 2 aromatic rings. The van der Waals surface area contributed by atoms with Gasteiger partial charge in [-0.2, -0.15) is 5.10 Å². The molecule has 0 unspecified atom stereocenters. The zero-order valence-electron chi connectivity index (χ0n) is 16.0. The van der Waals surface area contributed by atoms with Crippen LogP contribution in [-0.4, -0.2) is 69.6 Å². The Bertz CT molecular complexity index is 730. The second kappa shape index (κ2) is 9.89. The summed E-state index contributed by atoms with van der Waals surface area (Å²) in [6.45, 7) is 5.04. The monoisotopic (exact) mass is 369 g/mol. The molecular formula is C20H27N5O2. The van der Waals surface area contributed by atoms with Crippen LogP contribution >= 0.6 is 0 Å². The lowest BCUT2D eigenvalue weighted by atomic mass is 10.2. The van der Waals surface area contributed by atoms with Crippen molar-refractivity contribution in [2.45, 2.75) is 0 Å². The van der Waals surface area contributed by atoms with Crippen molar-refractivity contribution in [3.8, 4) is 5.75 Å². The standard InChI is InChI=1S/C20H27N5O2/c1-24(2)20-15-18(27-13-10-25-8-11-26-12-9-25)14-19(22-20)23-21-16-17-6-4-3-5-7-17/h3-7,14-16H,8-13H2,1-2H3,(H,22,23)/b21-16+. The normalized spacial score (nSPS) is 15.0. The fourth-order valence-electron chi connectivity index (χ4n) is 2.69. The van der Waals surface area contributed by atoms with Crippen molar-refractivity contribution in [1.82, 2.24) is 9.88 Å². The first kappa shape index (κ1) is 19.1. The minimum atomic E-state index is 0.629. The smallest absolute Gasteiger partial charge is 0.152 e. The van der Waals surface area contributed by atoms with Crippen LogP contribution in [0, 0.1) is 0 Å². The third-order valence-corrected chi connectivity index (χ3v) is 4.22. The summed E-state index contributed by atoms with van der Waals surface area (Å²) in [6, 6.07) is 13.7. The number of hydrogen-bond acceptors (Lipinski definition) is 7. The number of nitrogens with one attached hydrogen (secondary N) is 1. The first-order valence-electron chi connectivity index (χ1n) is 9.17. The second-order valence-electron chi connectivity index (χ2n) is 6.52. The molecule has 2 heterocycles. The maximum Gasteiger partial charge on any atom is 0.152 e. The van der Waals surface area contributed by atoms with Crippen molar-refractivity contribution in [3.05, 3.63) is 48.0 Å². The van der Waals surface area contributed by atoms with Gasteiger partial charge in [0, 0.05) is 45.9 Å². The Labute approximate surface area is 160 Å². The lowest BCUT2D eigenvalue weighted by Crippen LogP contribution is -2.38. The summed E-state index contributed by atoms with van der Waals surface area (Å²) in [5.41, 5.74) is 4.02. The minimum Gasteiger partial charge on any atom is -0.492 e. The molecule has 1 aromatic heterocycles. The molecule has 0 amide bonds. The Morgan fingerprint density at radius 1 is 1.22 bits per heavy atom. The topological polar surface area (TPSA) is 62.2 Å². The molecule has 1 N–H and O–H groups in total. The van der Waals surface area contributed by atoms with Crippen molar-refractivity contribution in [2.24, 2.45) is 5.10 Å². The molecule has 7 nitrogen and oxygen atoms in total. The molecule has 1 aliphatic rings. The number of benzene rings is 1. The van der Waals surface area contributed by atoms with E-state index in [0.29, 0.717) is 12.4 Å². The van der Waals surface area contributed by atoms with E-state index in [1.807, 2.05) is 61.5 Å². The van der Waals surface area contributed by atoms with Gasteiger partial charge in [0.15, 0.2) is 5.82 Å². The summed E-state index contributed by atoms with van der Waals surface area (Å²) in [4.78, 5) is 8.85. The molecule has 7 heteroatoms. The Kier molecular flexibility index (Phi) is 7.01. The van der Waals surface area contributed by atoms with Crippen molar-refractivity contribution in [2.75, 3.05) is 63.9 Å². The average molecular weight is 369 g/mol. The third-order valence-electron chi connectivity index (χ3n) is 4.22. The summed E-state index contributed by atoms with van der Waals surface area (Å²) in [6.07, 6.45) is 1.77. The number of ether oxygens (including phenoxy) is 2. The number of morpholine rings is 1. The van der Waals surface area contributed by atoms with Gasteiger partial charge in [0.25, 0.3) is 0 Å². The fraction of sp³-hybridized carbons (Fsp3) is 0.400. The molecule has 0 bridgehead atoms. The Morgan fingerprint density at radius 2 is 2.00 bits per heavy atom. The molecule has 0 radical (unpaired) electrons. The Balaban J connectivity index is 1.60. The quantitative estimate of drug-likeness (QED) is 0.569. The van der Waals surface area contributed by atoms with Gasteiger partial charge in [0.05, 0.1) is 19.4 Å². The molecule has 144 valence electrons. The summed E-state index contributed by atoms with van der Waals surface area (Å²) >= 11 is 0.